The molecule has 0 atom stereocenters. The molecule has 1 spiro atoms. The van der Waals surface area contributed by atoms with Gasteiger partial charge < -0.3 is 14.6 Å². The summed E-state index contributed by atoms with van der Waals surface area (Å²) in [7, 11) is 0. The number of piperidine rings is 1. The van der Waals surface area contributed by atoms with Crippen molar-refractivity contribution >= 4 is 11.7 Å². The van der Waals surface area contributed by atoms with E-state index in [1.165, 1.54) is 0 Å². The van der Waals surface area contributed by atoms with Crippen LogP contribution in [0.25, 0.3) is 0 Å². The fourth-order valence-electron chi connectivity index (χ4n) is 3.89. The molecule has 2 aliphatic rings. The van der Waals surface area contributed by atoms with E-state index in [0.29, 0.717) is 5.56 Å². The molecule has 4 heterocycles. The second-order valence-electron chi connectivity index (χ2n) is 6.46. The molecular formula is C18H22N4O2. The van der Waals surface area contributed by atoms with Crippen LogP contribution in [-0.4, -0.2) is 41.1 Å². The van der Waals surface area contributed by atoms with Crippen LogP contribution in [0.5, 0.6) is 0 Å². The Labute approximate surface area is 141 Å². The molecule has 126 valence electrons. The maximum absolute atomic E-state index is 12.6. The second-order valence-corrected chi connectivity index (χ2v) is 6.46. The van der Waals surface area contributed by atoms with E-state index >= 15 is 0 Å². The summed E-state index contributed by atoms with van der Waals surface area (Å²) in [6, 6.07) is 7.59. The van der Waals surface area contributed by atoms with Crippen molar-refractivity contribution in [2.75, 3.05) is 24.5 Å². The summed E-state index contributed by atoms with van der Waals surface area (Å²) < 4.78 is 5.45. The van der Waals surface area contributed by atoms with Gasteiger partial charge in [-0.15, -0.1) is 0 Å². The maximum atomic E-state index is 12.6. The molecule has 0 bridgehead atoms. The van der Waals surface area contributed by atoms with E-state index in [2.05, 4.69) is 27.0 Å². The minimum absolute atomic E-state index is 0.0118. The topological polar surface area (TPSA) is 61.6 Å². The first-order chi connectivity index (χ1) is 11.7. The predicted molar refractivity (Wildman–Crippen MR) is 90.7 cm³/mol. The Hall–Kier alpha value is -2.34. The van der Waals surface area contributed by atoms with Crippen LogP contribution < -0.4 is 10.2 Å². The van der Waals surface area contributed by atoms with E-state index in [1.54, 1.807) is 12.5 Å². The standard InChI is InChI=1S/C18H22N4O2/c1-2-22-16-15(6-3-9-19-16)17(23)20-18(22)7-10-21(11-8-18)13-14-5-4-12-24-14/h3-6,9,12H,2,7-8,10-11,13H2,1H3,(H,20,23). The molecule has 0 unspecified atom stereocenters. The normalized spacial score (nSPS) is 20.0. The van der Waals surface area contributed by atoms with E-state index < -0.39 is 0 Å². The molecule has 1 saturated heterocycles. The van der Waals surface area contributed by atoms with E-state index in [4.69, 9.17) is 4.42 Å². The second kappa shape index (κ2) is 5.94. The minimum atomic E-state index is -0.327. The lowest BCUT2D eigenvalue weighted by atomic mass is 9.91. The van der Waals surface area contributed by atoms with Crippen molar-refractivity contribution in [3.8, 4) is 0 Å². The summed E-state index contributed by atoms with van der Waals surface area (Å²) in [6.07, 6.45) is 5.23. The zero-order valence-electron chi connectivity index (χ0n) is 13.9. The van der Waals surface area contributed by atoms with Gasteiger partial charge in [0.15, 0.2) is 0 Å². The Balaban J connectivity index is 1.54. The number of pyridine rings is 1. The largest absolute Gasteiger partial charge is 0.468 e. The maximum Gasteiger partial charge on any atom is 0.256 e. The summed E-state index contributed by atoms with van der Waals surface area (Å²) >= 11 is 0. The van der Waals surface area contributed by atoms with Crippen LogP contribution in [0.4, 0.5) is 5.82 Å². The number of likely N-dealkylation sites (tertiary alicyclic amines) is 1. The quantitative estimate of drug-likeness (QED) is 0.937. The van der Waals surface area contributed by atoms with E-state index in [9.17, 15) is 4.79 Å². The van der Waals surface area contributed by atoms with Gasteiger partial charge in [0.2, 0.25) is 0 Å². The molecule has 0 radical (unpaired) electrons. The Morgan fingerprint density at radius 2 is 2.12 bits per heavy atom. The van der Waals surface area contributed by atoms with Gasteiger partial charge in [-0.3, -0.25) is 9.69 Å². The number of anilines is 1. The van der Waals surface area contributed by atoms with Crippen molar-refractivity contribution in [2.45, 2.75) is 32.0 Å². The van der Waals surface area contributed by atoms with Crippen LogP contribution in [0.1, 0.15) is 35.9 Å². The summed E-state index contributed by atoms with van der Waals surface area (Å²) in [5.74, 6) is 1.78. The highest BCUT2D eigenvalue weighted by molar-refractivity contribution is 6.01. The zero-order chi connectivity index (χ0) is 16.6. The number of amides is 1. The smallest absolute Gasteiger partial charge is 0.256 e. The molecule has 24 heavy (non-hydrogen) atoms. The first kappa shape index (κ1) is 15.2. The molecule has 6 nitrogen and oxygen atoms in total. The predicted octanol–water partition coefficient (Wildman–Crippen LogP) is 2.24. The highest BCUT2D eigenvalue weighted by Crippen LogP contribution is 2.36. The molecular weight excluding hydrogens is 304 g/mol. The molecule has 0 aliphatic carbocycles. The lowest BCUT2D eigenvalue weighted by Crippen LogP contribution is -2.67. The lowest BCUT2D eigenvalue weighted by molar-refractivity contribution is 0.0752. The molecule has 2 aromatic rings. The van der Waals surface area contributed by atoms with Gasteiger partial charge in [0, 0.05) is 38.7 Å². The third kappa shape index (κ3) is 2.47. The fourth-order valence-corrected chi connectivity index (χ4v) is 3.89. The lowest BCUT2D eigenvalue weighted by Gasteiger charge is -2.51. The molecule has 2 aromatic heterocycles. The molecule has 1 fully saturated rings. The SMILES string of the molecule is CCN1c2ncccc2C(=O)NC12CCN(Cc1ccco1)CC2. The van der Waals surface area contributed by atoms with Crippen LogP contribution >= 0.6 is 0 Å². The van der Waals surface area contributed by atoms with Crippen molar-refractivity contribution in [3.63, 3.8) is 0 Å². The first-order valence-electron chi connectivity index (χ1n) is 8.52. The van der Waals surface area contributed by atoms with Gasteiger partial charge in [-0.25, -0.2) is 4.98 Å². The van der Waals surface area contributed by atoms with Crippen LogP contribution in [0.15, 0.2) is 41.1 Å². The van der Waals surface area contributed by atoms with Crippen LogP contribution in [-0.2, 0) is 6.54 Å². The third-order valence-electron chi connectivity index (χ3n) is 5.11. The van der Waals surface area contributed by atoms with Crippen LogP contribution in [0.2, 0.25) is 0 Å². The number of nitrogens with one attached hydrogen (secondary N) is 1. The Morgan fingerprint density at radius 3 is 2.83 bits per heavy atom. The van der Waals surface area contributed by atoms with Crippen LogP contribution in [0.3, 0.4) is 0 Å². The number of hydrogen-bond donors (Lipinski definition) is 1. The fraction of sp³-hybridized carbons (Fsp3) is 0.444. The van der Waals surface area contributed by atoms with Gasteiger partial charge in [-0.2, -0.15) is 0 Å². The zero-order valence-corrected chi connectivity index (χ0v) is 13.9. The Kier molecular flexibility index (Phi) is 3.76. The van der Waals surface area contributed by atoms with Gasteiger partial charge in [0.1, 0.15) is 17.2 Å². The molecule has 1 N–H and O–H groups in total. The first-order valence-corrected chi connectivity index (χ1v) is 8.52. The number of carbonyl (C=O) groups excluding carboxylic acids is 1. The van der Waals surface area contributed by atoms with Crippen molar-refractivity contribution < 1.29 is 9.21 Å². The number of nitrogens with zero attached hydrogens (tertiary/aromatic N) is 3. The van der Waals surface area contributed by atoms with Crippen molar-refractivity contribution in [2.24, 2.45) is 0 Å². The minimum Gasteiger partial charge on any atom is -0.468 e. The number of hydrogen-bond acceptors (Lipinski definition) is 5. The Bertz CT molecular complexity index is 720. The number of carbonyl (C=O) groups is 1. The van der Waals surface area contributed by atoms with Gasteiger partial charge >= 0.3 is 0 Å². The van der Waals surface area contributed by atoms with Crippen molar-refractivity contribution in [3.05, 3.63) is 48.0 Å². The number of rotatable bonds is 3. The van der Waals surface area contributed by atoms with Gasteiger partial charge in [-0.1, -0.05) is 0 Å². The molecule has 6 heteroatoms. The highest BCUT2D eigenvalue weighted by atomic mass is 16.3. The van der Waals surface area contributed by atoms with Crippen LogP contribution in [0, 0.1) is 0 Å². The molecule has 0 aromatic carbocycles. The monoisotopic (exact) mass is 326 g/mol. The van der Waals surface area contributed by atoms with Gasteiger partial charge in [0.05, 0.1) is 18.4 Å². The summed E-state index contributed by atoms with van der Waals surface area (Å²) in [5, 5.41) is 3.27. The number of aromatic nitrogens is 1. The third-order valence-corrected chi connectivity index (χ3v) is 5.11. The number of fused-ring (bicyclic) bond motifs is 1. The average molecular weight is 326 g/mol. The number of furan rings is 1. The molecule has 0 saturated carbocycles. The van der Waals surface area contributed by atoms with Gasteiger partial charge in [0.25, 0.3) is 5.91 Å². The average Bonchev–Trinajstić information content (AvgIpc) is 3.11. The van der Waals surface area contributed by atoms with Crippen molar-refractivity contribution in [1.29, 1.82) is 0 Å². The van der Waals surface area contributed by atoms with E-state index in [-0.39, 0.29) is 11.6 Å². The van der Waals surface area contributed by atoms with E-state index in [1.807, 2.05) is 24.3 Å². The summed E-state index contributed by atoms with van der Waals surface area (Å²) in [6.45, 7) is 5.59. The molecule has 2 aliphatic heterocycles. The summed E-state index contributed by atoms with van der Waals surface area (Å²) in [5.41, 5.74) is 0.343. The molecule has 1 amide bonds. The van der Waals surface area contributed by atoms with E-state index in [0.717, 1.165) is 50.6 Å². The van der Waals surface area contributed by atoms with Gasteiger partial charge in [-0.05, 0) is 31.2 Å². The molecule has 4 rings (SSSR count). The Morgan fingerprint density at radius 1 is 1.29 bits per heavy atom. The summed E-state index contributed by atoms with van der Waals surface area (Å²) in [4.78, 5) is 21.7. The van der Waals surface area contributed by atoms with Crippen molar-refractivity contribution in [1.82, 2.24) is 15.2 Å². The highest BCUT2D eigenvalue weighted by Gasteiger charge is 2.45.